The molecule has 3 nitrogen and oxygen atoms in total. The molecular weight excluding hydrogens is 457 g/mol. The van der Waals surface area contributed by atoms with E-state index in [2.05, 4.69) is 67.1 Å². The predicted octanol–water partition coefficient (Wildman–Crippen LogP) is 6.49. The molecule has 5 rings (SSSR count). The molecular formula is C33H35FN3. The molecule has 1 aliphatic heterocycles. The average Bonchev–Trinajstić information content (AvgIpc) is 3.75. The van der Waals surface area contributed by atoms with Gasteiger partial charge in [0.2, 0.25) is 0 Å². The molecule has 3 aromatic rings. The third-order valence-electron chi connectivity index (χ3n) is 7.46. The molecule has 0 spiro atoms. The number of nitrogens with zero attached hydrogens (tertiary/aromatic N) is 3. The van der Waals surface area contributed by atoms with E-state index in [0.717, 1.165) is 56.0 Å². The van der Waals surface area contributed by atoms with Crippen LogP contribution in [-0.2, 0) is 12.8 Å². The topological polar surface area (TPSA) is 18.8 Å². The van der Waals surface area contributed by atoms with Gasteiger partial charge in [0.05, 0.1) is 5.70 Å². The molecule has 1 aliphatic carbocycles. The molecule has 189 valence electrons. The van der Waals surface area contributed by atoms with Crippen molar-refractivity contribution in [1.29, 1.82) is 0 Å². The molecule has 0 aromatic heterocycles. The first kappa shape index (κ1) is 25.2. The summed E-state index contributed by atoms with van der Waals surface area (Å²) in [6.07, 6.45) is 6.57. The number of amidine groups is 1. The minimum absolute atomic E-state index is 0.213. The number of hydrogen-bond donors (Lipinski definition) is 0. The van der Waals surface area contributed by atoms with Crippen molar-refractivity contribution in [3.05, 3.63) is 125 Å². The molecule has 4 heteroatoms. The highest BCUT2D eigenvalue weighted by Crippen LogP contribution is 2.34. The first-order chi connectivity index (χ1) is 17.9. The van der Waals surface area contributed by atoms with Gasteiger partial charge >= 0.3 is 0 Å². The average molecular weight is 493 g/mol. The van der Waals surface area contributed by atoms with Crippen molar-refractivity contribution in [1.82, 2.24) is 9.80 Å². The van der Waals surface area contributed by atoms with Gasteiger partial charge in [-0.05, 0) is 78.3 Å². The van der Waals surface area contributed by atoms with E-state index in [0.29, 0.717) is 11.3 Å². The van der Waals surface area contributed by atoms with Crippen LogP contribution >= 0.6 is 0 Å². The van der Waals surface area contributed by atoms with Gasteiger partial charge in [-0.2, -0.15) is 0 Å². The zero-order valence-corrected chi connectivity index (χ0v) is 22.1. The summed E-state index contributed by atoms with van der Waals surface area (Å²) in [6.45, 7) is 12.1. The quantitative estimate of drug-likeness (QED) is 0.277. The van der Waals surface area contributed by atoms with Gasteiger partial charge in [-0.3, -0.25) is 0 Å². The maximum Gasteiger partial charge on any atom is 0.136 e. The van der Waals surface area contributed by atoms with E-state index in [1.54, 1.807) is 13.0 Å². The lowest BCUT2D eigenvalue weighted by molar-refractivity contribution is 0.267. The fourth-order valence-electron chi connectivity index (χ4n) is 5.07. The summed E-state index contributed by atoms with van der Waals surface area (Å²) >= 11 is 0. The lowest BCUT2D eigenvalue weighted by Gasteiger charge is -2.26. The molecule has 0 unspecified atom stereocenters. The second-order valence-corrected chi connectivity index (χ2v) is 10.2. The smallest absolute Gasteiger partial charge is 0.136 e. The van der Waals surface area contributed by atoms with Crippen molar-refractivity contribution in [2.75, 3.05) is 33.2 Å². The lowest BCUT2D eigenvalue weighted by atomic mass is 9.95. The molecule has 37 heavy (non-hydrogen) atoms. The lowest BCUT2D eigenvalue weighted by Crippen LogP contribution is -2.38. The highest BCUT2D eigenvalue weighted by Gasteiger charge is 2.20. The van der Waals surface area contributed by atoms with Crippen LogP contribution < -0.4 is 0 Å². The van der Waals surface area contributed by atoms with E-state index in [9.17, 15) is 4.39 Å². The van der Waals surface area contributed by atoms with Crippen molar-refractivity contribution in [3.63, 3.8) is 0 Å². The molecule has 1 heterocycles. The molecule has 0 fully saturated rings. The van der Waals surface area contributed by atoms with E-state index < -0.39 is 0 Å². The van der Waals surface area contributed by atoms with Gasteiger partial charge in [-0.1, -0.05) is 55.1 Å². The highest BCUT2D eigenvalue weighted by atomic mass is 19.1. The second kappa shape index (κ2) is 10.9. The first-order valence-corrected chi connectivity index (χ1v) is 13.1. The Kier molecular flexibility index (Phi) is 7.38. The van der Waals surface area contributed by atoms with Crippen LogP contribution in [0.15, 0.2) is 78.3 Å². The van der Waals surface area contributed by atoms with Crippen LogP contribution in [0.5, 0.6) is 0 Å². The first-order valence-electron chi connectivity index (χ1n) is 13.1. The fraction of sp³-hybridized carbons (Fsp3) is 0.273. The number of benzene rings is 3. The number of allylic oxidation sites excluding steroid dienone is 2. The SMILES string of the molecule is C=C(N=C(c1ccccc1)N(C)CCN1CCc2cc(C)c(C3=C[CH]3)cc2CC1)c1ccc(F)c(C)c1. The van der Waals surface area contributed by atoms with Crippen LogP contribution in [0, 0.1) is 26.1 Å². The number of rotatable bonds is 7. The number of aliphatic imine (C=N–C) groups is 1. The molecule has 3 aromatic carbocycles. The molecule has 0 atom stereocenters. The summed E-state index contributed by atoms with van der Waals surface area (Å²) in [4.78, 5) is 9.72. The Bertz CT molecular complexity index is 1370. The number of halogens is 1. The van der Waals surface area contributed by atoms with Gasteiger partial charge in [0.1, 0.15) is 11.7 Å². The van der Waals surface area contributed by atoms with Gasteiger partial charge in [-0.15, -0.1) is 0 Å². The summed E-state index contributed by atoms with van der Waals surface area (Å²) in [5.41, 5.74) is 10.3. The zero-order chi connectivity index (χ0) is 25.9. The Morgan fingerprint density at radius 1 is 0.946 bits per heavy atom. The monoisotopic (exact) mass is 492 g/mol. The van der Waals surface area contributed by atoms with Crippen molar-refractivity contribution in [2.45, 2.75) is 26.7 Å². The third kappa shape index (κ3) is 5.91. The van der Waals surface area contributed by atoms with Gasteiger partial charge < -0.3 is 9.80 Å². The number of hydrogen-bond acceptors (Lipinski definition) is 2. The Balaban J connectivity index is 1.28. The predicted molar refractivity (Wildman–Crippen MR) is 153 cm³/mol. The van der Waals surface area contributed by atoms with Crippen molar-refractivity contribution in [3.8, 4) is 0 Å². The standard InChI is InChI=1S/C33H35FN3/c1-23-20-29-14-16-37(17-15-30(29)22-31(23)26-10-11-26)19-18-36(4)33(27-8-6-5-7-9-27)35-25(3)28-12-13-32(34)24(2)21-28/h5-13,20-22H,3,14-19H2,1-2,4H3. The maximum atomic E-state index is 13.8. The highest BCUT2D eigenvalue weighted by molar-refractivity contribution is 6.01. The van der Waals surface area contributed by atoms with Crippen molar-refractivity contribution < 1.29 is 4.39 Å². The number of aryl methyl sites for hydroxylation is 2. The second-order valence-electron chi connectivity index (χ2n) is 10.2. The molecule has 1 radical (unpaired) electrons. The van der Waals surface area contributed by atoms with E-state index >= 15 is 0 Å². The maximum absolute atomic E-state index is 13.8. The summed E-state index contributed by atoms with van der Waals surface area (Å²) in [6, 6.07) is 20.1. The molecule has 0 amide bonds. The summed E-state index contributed by atoms with van der Waals surface area (Å²) in [5.74, 6) is 0.662. The van der Waals surface area contributed by atoms with E-state index in [1.165, 1.54) is 33.9 Å². The minimum atomic E-state index is -0.213. The molecule has 0 saturated carbocycles. The third-order valence-corrected chi connectivity index (χ3v) is 7.46. The van der Waals surface area contributed by atoms with Crippen LogP contribution in [0.1, 0.15) is 38.9 Å². The molecule has 2 aliphatic rings. The molecule has 0 saturated heterocycles. The van der Waals surface area contributed by atoms with Crippen molar-refractivity contribution in [2.24, 2.45) is 4.99 Å². The minimum Gasteiger partial charge on any atom is -0.358 e. The Morgan fingerprint density at radius 2 is 1.65 bits per heavy atom. The van der Waals surface area contributed by atoms with E-state index in [1.807, 2.05) is 24.3 Å². The largest absolute Gasteiger partial charge is 0.358 e. The number of fused-ring (bicyclic) bond motifs is 1. The fourth-order valence-corrected chi connectivity index (χ4v) is 5.07. The van der Waals surface area contributed by atoms with Gasteiger partial charge in [0.15, 0.2) is 0 Å². The van der Waals surface area contributed by atoms with Crippen LogP contribution in [0.3, 0.4) is 0 Å². The Labute approximate surface area is 220 Å². The Morgan fingerprint density at radius 3 is 2.32 bits per heavy atom. The summed E-state index contributed by atoms with van der Waals surface area (Å²) < 4.78 is 13.8. The Hall–Kier alpha value is -3.50. The van der Waals surface area contributed by atoms with E-state index in [-0.39, 0.29) is 5.82 Å². The van der Waals surface area contributed by atoms with Crippen LogP contribution in [0.2, 0.25) is 0 Å². The van der Waals surface area contributed by atoms with Gasteiger partial charge in [0, 0.05) is 50.8 Å². The van der Waals surface area contributed by atoms with E-state index in [4.69, 9.17) is 4.99 Å². The molecule has 0 bridgehead atoms. The van der Waals surface area contributed by atoms with Crippen LogP contribution in [0.25, 0.3) is 11.3 Å². The van der Waals surface area contributed by atoms with Gasteiger partial charge in [-0.25, -0.2) is 9.38 Å². The molecule has 0 N–H and O–H groups in total. The van der Waals surface area contributed by atoms with Crippen LogP contribution in [0.4, 0.5) is 4.39 Å². The normalized spacial score (nSPS) is 15.6. The van der Waals surface area contributed by atoms with Gasteiger partial charge in [0.25, 0.3) is 0 Å². The van der Waals surface area contributed by atoms with Crippen molar-refractivity contribution >= 4 is 17.1 Å². The zero-order valence-electron chi connectivity index (χ0n) is 22.1. The summed E-state index contributed by atoms with van der Waals surface area (Å²) in [5, 5.41) is 0. The number of likely N-dealkylation sites (N-methyl/N-ethyl adjacent to an activating group) is 1. The van der Waals surface area contributed by atoms with Crippen LogP contribution in [-0.4, -0.2) is 48.9 Å². The summed E-state index contributed by atoms with van der Waals surface area (Å²) in [7, 11) is 2.09.